The third-order valence-corrected chi connectivity index (χ3v) is 5.72. The number of benzene rings is 2. The molecule has 0 atom stereocenters. The lowest BCUT2D eigenvalue weighted by Gasteiger charge is -2.11. The first-order chi connectivity index (χ1) is 12.3. The Morgan fingerprint density at radius 2 is 1.88 bits per heavy atom. The monoisotopic (exact) mass is 430 g/mol. The number of aromatic nitrogens is 2. The highest BCUT2D eigenvalue weighted by Gasteiger charge is 2.22. The number of nitrogens with one attached hydrogen (secondary N) is 1. The van der Waals surface area contributed by atoms with Crippen molar-refractivity contribution in [3.63, 3.8) is 0 Å². The molecule has 0 unspecified atom stereocenters. The lowest BCUT2D eigenvalue weighted by atomic mass is 10.1. The van der Waals surface area contributed by atoms with E-state index < -0.39 is 10.0 Å². The molecule has 0 spiro atoms. The molecular formula is C18H15BrN4O2S. The van der Waals surface area contributed by atoms with E-state index in [1.165, 1.54) is 22.9 Å². The SMILES string of the molecule is Cc1nn(C)c(NS(=O)(=O)c2cccc(C#N)c2)c1-c1ccc(Br)cc1. The van der Waals surface area contributed by atoms with Crippen LogP contribution in [-0.4, -0.2) is 18.2 Å². The summed E-state index contributed by atoms with van der Waals surface area (Å²) in [7, 11) is -2.19. The maximum Gasteiger partial charge on any atom is 0.263 e. The van der Waals surface area contributed by atoms with Gasteiger partial charge in [0.1, 0.15) is 5.82 Å². The average molecular weight is 431 g/mol. The second kappa shape index (κ2) is 6.94. The molecule has 0 aliphatic rings. The molecular weight excluding hydrogens is 416 g/mol. The number of nitriles is 1. The Kier molecular flexibility index (Phi) is 4.85. The molecule has 132 valence electrons. The van der Waals surface area contributed by atoms with Gasteiger partial charge in [0.25, 0.3) is 10.0 Å². The fraction of sp³-hybridized carbons (Fsp3) is 0.111. The van der Waals surface area contributed by atoms with Gasteiger partial charge in [-0.1, -0.05) is 34.1 Å². The Balaban J connectivity index is 2.07. The number of sulfonamides is 1. The van der Waals surface area contributed by atoms with Crippen molar-refractivity contribution in [2.24, 2.45) is 7.05 Å². The summed E-state index contributed by atoms with van der Waals surface area (Å²) in [6, 6.07) is 15.4. The van der Waals surface area contributed by atoms with E-state index >= 15 is 0 Å². The smallest absolute Gasteiger partial charge is 0.263 e. The zero-order chi connectivity index (χ0) is 18.9. The molecule has 1 aromatic heterocycles. The van der Waals surface area contributed by atoms with E-state index in [4.69, 9.17) is 5.26 Å². The van der Waals surface area contributed by atoms with Crippen LogP contribution < -0.4 is 4.72 Å². The quantitative estimate of drug-likeness (QED) is 0.680. The molecule has 3 aromatic rings. The van der Waals surface area contributed by atoms with Crippen molar-refractivity contribution in [3.05, 3.63) is 64.3 Å². The van der Waals surface area contributed by atoms with Crippen LogP contribution >= 0.6 is 15.9 Å². The van der Waals surface area contributed by atoms with E-state index in [2.05, 4.69) is 25.8 Å². The number of anilines is 1. The third kappa shape index (κ3) is 3.49. The van der Waals surface area contributed by atoms with Gasteiger partial charge < -0.3 is 0 Å². The van der Waals surface area contributed by atoms with E-state index in [1.807, 2.05) is 37.3 Å². The minimum Gasteiger partial charge on any atom is -0.263 e. The zero-order valence-corrected chi connectivity index (χ0v) is 16.5. The van der Waals surface area contributed by atoms with E-state index in [9.17, 15) is 8.42 Å². The molecule has 0 bridgehead atoms. The summed E-state index contributed by atoms with van der Waals surface area (Å²) in [6.45, 7) is 1.82. The number of halogens is 1. The highest BCUT2D eigenvalue weighted by Crippen LogP contribution is 2.33. The van der Waals surface area contributed by atoms with E-state index in [-0.39, 0.29) is 10.5 Å². The van der Waals surface area contributed by atoms with E-state index in [0.29, 0.717) is 17.1 Å². The molecule has 0 amide bonds. The molecule has 0 saturated carbocycles. The van der Waals surface area contributed by atoms with Gasteiger partial charge in [-0.15, -0.1) is 0 Å². The Morgan fingerprint density at radius 1 is 1.19 bits per heavy atom. The fourth-order valence-corrected chi connectivity index (χ4v) is 4.07. The molecule has 2 aromatic carbocycles. The van der Waals surface area contributed by atoms with E-state index in [1.54, 1.807) is 13.1 Å². The molecule has 0 aliphatic heterocycles. The Bertz CT molecular complexity index is 1110. The van der Waals surface area contributed by atoms with Crippen molar-refractivity contribution < 1.29 is 8.42 Å². The van der Waals surface area contributed by atoms with Crippen LogP contribution in [0.4, 0.5) is 5.82 Å². The van der Waals surface area contributed by atoms with Gasteiger partial charge in [-0.3, -0.25) is 9.40 Å². The van der Waals surface area contributed by atoms with Crippen LogP contribution in [0.1, 0.15) is 11.3 Å². The minimum absolute atomic E-state index is 0.0251. The summed E-state index contributed by atoms with van der Waals surface area (Å²) in [4.78, 5) is 0.0251. The number of aryl methyl sites for hydroxylation is 2. The maximum absolute atomic E-state index is 12.8. The summed E-state index contributed by atoms with van der Waals surface area (Å²) >= 11 is 3.39. The number of rotatable bonds is 4. The van der Waals surface area contributed by atoms with E-state index in [0.717, 1.165) is 10.0 Å². The van der Waals surface area contributed by atoms with Crippen molar-refractivity contribution in [3.8, 4) is 17.2 Å². The Hall–Kier alpha value is -2.63. The largest absolute Gasteiger partial charge is 0.263 e. The van der Waals surface area contributed by atoms with Crippen LogP contribution in [0.3, 0.4) is 0 Å². The first-order valence-corrected chi connectivity index (χ1v) is 9.92. The van der Waals surface area contributed by atoms with Gasteiger partial charge in [0, 0.05) is 17.1 Å². The summed E-state index contributed by atoms with van der Waals surface area (Å²) in [5.74, 6) is 0.368. The van der Waals surface area contributed by atoms with Crippen molar-refractivity contribution in [2.45, 2.75) is 11.8 Å². The molecule has 0 aliphatic carbocycles. The topological polar surface area (TPSA) is 87.8 Å². The number of hydrogen-bond donors (Lipinski definition) is 1. The molecule has 0 saturated heterocycles. The molecule has 6 nitrogen and oxygen atoms in total. The van der Waals surface area contributed by atoms with Gasteiger partial charge in [-0.25, -0.2) is 8.42 Å². The second-order valence-corrected chi connectivity index (χ2v) is 8.28. The number of hydrogen-bond acceptors (Lipinski definition) is 4. The summed E-state index contributed by atoms with van der Waals surface area (Å²) in [5.41, 5.74) is 2.54. The summed E-state index contributed by atoms with van der Waals surface area (Å²) < 4.78 is 30.6. The normalized spacial score (nSPS) is 11.2. The highest BCUT2D eigenvalue weighted by molar-refractivity contribution is 9.10. The van der Waals surface area contributed by atoms with Crippen LogP contribution in [-0.2, 0) is 17.1 Å². The predicted octanol–water partition coefficient (Wildman–Crippen LogP) is 3.83. The second-order valence-electron chi connectivity index (χ2n) is 5.68. The predicted molar refractivity (Wildman–Crippen MR) is 103 cm³/mol. The van der Waals surface area contributed by atoms with Crippen LogP contribution in [0.5, 0.6) is 0 Å². The average Bonchev–Trinajstić information content (AvgIpc) is 2.89. The van der Waals surface area contributed by atoms with Crippen molar-refractivity contribution in [1.82, 2.24) is 9.78 Å². The van der Waals surface area contributed by atoms with Crippen LogP contribution in [0.25, 0.3) is 11.1 Å². The molecule has 3 rings (SSSR count). The Morgan fingerprint density at radius 3 is 2.54 bits per heavy atom. The van der Waals surface area contributed by atoms with Gasteiger partial charge in [-0.05, 0) is 42.8 Å². The highest BCUT2D eigenvalue weighted by atomic mass is 79.9. The first-order valence-electron chi connectivity index (χ1n) is 7.64. The molecule has 1 N–H and O–H groups in total. The molecule has 0 radical (unpaired) electrons. The zero-order valence-electron chi connectivity index (χ0n) is 14.1. The van der Waals surface area contributed by atoms with Crippen LogP contribution in [0.2, 0.25) is 0 Å². The lowest BCUT2D eigenvalue weighted by Crippen LogP contribution is -2.16. The van der Waals surface area contributed by atoms with Gasteiger partial charge >= 0.3 is 0 Å². The van der Waals surface area contributed by atoms with Gasteiger partial charge in [-0.2, -0.15) is 10.4 Å². The van der Waals surface area contributed by atoms with Crippen LogP contribution in [0, 0.1) is 18.3 Å². The van der Waals surface area contributed by atoms with Crippen LogP contribution in [0.15, 0.2) is 57.9 Å². The number of nitrogens with zero attached hydrogens (tertiary/aromatic N) is 3. The summed E-state index contributed by atoms with van der Waals surface area (Å²) in [6.07, 6.45) is 0. The lowest BCUT2D eigenvalue weighted by molar-refractivity contribution is 0.600. The minimum atomic E-state index is -3.86. The maximum atomic E-state index is 12.8. The van der Waals surface area contributed by atoms with Crippen molar-refractivity contribution >= 4 is 31.8 Å². The van der Waals surface area contributed by atoms with Gasteiger partial charge in [0.05, 0.1) is 22.2 Å². The van der Waals surface area contributed by atoms with Crippen molar-refractivity contribution in [2.75, 3.05) is 4.72 Å². The standard InChI is InChI=1S/C18H15BrN4O2S/c1-12-17(14-6-8-15(19)9-7-14)18(23(2)21-12)22-26(24,25)16-5-3-4-13(10-16)11-20/h3-10,22H,1-2H3. The van der Waals surface area contributed by atoms with Gasteiger partial charge in [0.2, 0.25) is 0 Å². The fourth-order valence-electron chi connectivity index (χ4n) is 2.66. The Labute approximate surface area is 160 Å². The first kappa shape index (κ1) is 18.2. The molecule has 1 heterocycles. The molecule has 0 fully saturated rings. The van der Waals surface area contributed by atoms with Crippen molar-refractivity contribution in [1.29, 1.82) is 5.26 Å². The molecule has 26 heavy (non-hydrogen) atoms. The third-order valence-electron chi connectivity index (χ3n) is 3.86. The summed E-state index contributed by atoms with van der Waals surface area (Å²) in [5, 5.41) is 13.3. The van der Waals surface area contributed by atoms with Gasteiger partial charge in [0.15, 0.2) is 0 Å². The molecule has 8 heteroatoms.